The molecule has 0 radical (unpaired) electrons. The average Bonchev–Trinajstić information content (AvgIpc) is 2.63. The molecule has 3 rings (SSSR count). The molecule has 0 aliphatic carbocycles. The lowest BCUT2D eigenvalue weighted by molar-refractivity contribution is 0.254. The molecule has 2 aromatic rings. The zero-order valence-electron chi connectivity index (χ0n) is 14.0. The van der Waals surface area contributed by atoms with Gasteiger partial charge in [0.2, 0.25) is 0 Å². The molecular formula is C18H24ClN5. The molecule has 0 amide bonds. The normalized spacial score (nSPS) is 17.0. The molecule has 0 unspecified atom stereocenters. The quantitative estimate of drug-likeness (QED) is 0.871. The molecule has 128 valence electrons. The first-order valence-electron chi connectivity index (χ1n) is 8.44. The van der Waals surface area contributed by atoms with Crippen LogP contribution in [0.25, 0.3) is 0 Å². The van der Waals surface area contributed by atoms with Crippen molar-refractivity contribution in [2.45, 2.75) is 13.0 Å². The fourth-order valence-electron chi connectivity index (χ4n) is 2.98. The summed E-state index contributed by atoms with van der Waals surface area (Å²) in [4.78, 5) is 13.4. The van der Waals surface area contributed by atoms with Gasteiger partial charge in [-0.1, -0.05) is 17.7 Å². The molecule has 0 bridgehead atoms. The molecule has 1 aliphatic rings. The topological polar surface area (TPSA) is 44.3 Å². The third-order valence-electron chi connectivity index (χ3n) is 4.45. The third-order valence-corrected chi connectivity index (χ3v) is 4.69. The van der Waals surface area contributed by atoms with Crippen molar-refractivity contribution in [2.75, 3.05) is 44.2 Å². The minimum atomic E-state index is 0.228. The maximum atomic E-state index is 6.09. The molecule has 1 fully saturated rings. The predicted octanol–water partition coefficient (Wildman–Crippen LogP) is 2.60. The van der Waals surface area contributed by atoms with Crippen LogP contribution in [0.3, 0.4) is 0 Å². The number of hydrogen-bond acceptors (Lipinski definition) is 5. The van der Waals surface area contributed by atoms with Crippen molar-refractivity contribution in [3.63, 3.8) is 0 Å². The second kappa shape index (κ2) is 8.42. The minimum absolute atomic E-state index is 0.228. The fraction of sp³-hybridized carbons (Fsp3) is 0.444. The highest BCUT2D eigenvalue weighted by Gasteiger charge is 2.17. The summed E-state index contributed by atoms with van der Waals surface area (Å²) in [5.74, 6) is 0. The molecule has 1 aromatic heterocycles. The first-order chi connectivity index (χ1) is 11.7. The van der Waals surface area contributed by atoms with Crippen molar-refractivity contribution in [2.24, 2.45) is 0 Å². The van der Waals surface area contributed by atoms with Crippen LogP contribution in [0.15, 0.2) is 42.9 Å². The summed E-state index contributed by atoms with van der Waals surface area (Å²) in [5, 5.41) is 4.32. The Morgan fingerprint density at radius 3 is 2.75 bits per heavy atom. The summed E-state index contributed by atoms with van der Waals surface area (Å²) in [7, 11) is 0. The van der Waals surface area contributed by atoms with Crippen molar-refractivity contribution in [3.8, 4) is 0 Å². The van der Waals surface area contributed by atoms with E-state index in [1.165, 1.54) is 5.69 Å². The number of nitrogens with zero attached hydrogens (tertiary/aromatic N) is 4. The van der Waals surface area contributed by atoms with E-state index in [1.54, 1.807) is 12.4 Å². The molecule has 1 atom stereocenters. The first-order valence-corrected chi connectivity index (χ1v) is 8.82. The number of nitrogens with one attached hydrogen (secondary N) is 1. The Bertz CT molecular complexity index is 628. The number of piperazine rings is 1. The molecule has 24 heavy (non-hydrogen) atoms. The van der Waals surface area contributed by atoms with Gasteiger partial charge in [0.25, 0.3) is 0 Å². The number of halogens is 1. The Labute approximate surface area is 148 Å². The van der Waals surface area contributed by atoms with Crippen LogP contribution >= 0.6 is 11.6 Å². The Morgan fingerprint density at radius 1 is 1.21 bits per heavy atom. The molecular weight excluding hydrogens is 322 g/mol. The Balaban J connectivity index is 1.40. The second-order valence-corrected chi connectivity index (χ2v) is 6.55. The molecule has 0 saturated carbocycles. The summed E-state index contributed by atoms with van der Waals surface area (Å²) in [6.07, 6.45) is 5.26. The van der Waals surface area contributed by atoms with Gasteiger partial charge in [-0.2, -0.15) is 0 Å². The third kappa shape index (κ3) is 4.66. The van der Waals surface area contributed by atoms with Crippen LogP contribution in [0, 0.1) is 0 Å². The van der Waals surface area contributed by atoms with Gasteiger partial charge in [0.15, 0.2) is 0 Å². The number of rotatable bonds is 6. The number of benzene rings is 1. The highest BCUT2D eigenvalue weighted by molar-refractivity contribution is 6.30. The van der Waals surface area contributed by atoms with Gasteiger partial charge in [-0.3, -0.25) is 14.9 Å². The van der Waals surface area contributed by atoms with Crippen molar-refractivity contribution < 1.29 is 0 Å². The van der Waals surface area contributed by atoms with Crippen LogP contribution in [-0.2, 0) is 0 Å². The van der Waals surface area contributed by atoms with Gasteiger partial charge in [0.05, 0.1) is 5.69 Å². The summed E-state index contributed by atoms with van der Waals surface area (Å²) in [5.41, 5.74) is 2.21. The standard InChI is InChI=1S/C18H24ClN5/c1-15(18-14-20-5-6-22-18)21-7-8-23-9-11-24(12-10-23)17-4-2-3-16(19)13-17/h2-6,13-15,21H,7-12H2,1H3/t15-/m0/s1. The summed E-state index contributed by atoms with van der Waals surface area (Å²) in [6.45, 7) is 8.37. The summed E-state index contributed by atoms with van der Waals surface area (Å²) < 4.78 is 0. The van der Waals surface area contributed by atoms with E-state index in [1.807, 2.05) is 24.4 Å². The molecule has 1 saturated heterocycles. The van der Waals surface area contributed by atoms with E-state index in [4.69, 9.17) is 11.6 Å². The first kappa shape index (κ1) is 17.1. The Morgan fingerprint density at radius 2 is 2.04 bits per heavy atom. The van der Waals surface area contributed by atoms with Crippen LogP contribution < -0.4 is 10.2 Å². The van der Waals surface area contributed by atoms with Crippen molar-refractivity contribution in [1.29, 1.82) is 0 Å². The van der Waals surface area contributed by atoms with E-state index in [0.29, 0.717) is 0 Å². The van der Waals surface area contributed by atoms with E-state index in [9.17, 15) is 0 Å². The highest BCUT2D eigenvalue weighted by atomic mass is 35.5. The molecule has 0 spiro atoms. The van der Waals surface area contributed by atoms with Gasteiger partial charge in [-0.25, -0.2) is 0 Å². The van der Waals surface area contributed by atoms with Gasteiger partial charge < -0.3 is 10.2 Å². The largest absolute Gasteiger partial charge is 0.369 e. The van der Waals surface area contributed by atoms with Crippen LogP contribution in [0.2, 0.25) is 5.02 Å². The maximum Gasteiger partial charge on any atom is 0.0753 e. The Kier molecular flexibility index (Phi) is 6.01. The monoisotopic (exact) mass is 345 g/mol. The van der Waals surface area contributed by atoms with Crippen LogP contribution in [0.1, 0.15) is 18.7 Å². The predicted molar refractivity (Wildman–Crippen MR) is 98.6 cm³/mol. The molecule has 1 aliphatic heterocycles. The zero-order chi connectivity index (χ0) is 16.8. The van der Waals surface area contributed by atoms with E-state index >= 15 is 0 Å². The van der Waals surface area contributed by atoms with Gasteiger partial charge in [0.1, 0.15) is 0 Å². The van der Waals surface area contributed by atoms with E-state index in [2.05, 4.69) is 38.1 Å². The molecule has 6 heteroatoms. The van der Waals surface area contributed by atoms with Gasteiger partial charge in [-0.15, -0.1) is 0 Å². The second-order valence-electron chi connectivity index (χ2n) is 6.11. The maximum absolute atomic E-state index is 6.09. The van der Waals surface area contributed by atoms with Crippen molar-refractivity contribution in [1.82, 2.24) is 20.2 Å². The lowest BCUT2D eigenvalue weighted by Crippen LogP contribution is -2.48. The van der Waals surface area contributed by atoms with Crippen LogP contribution in [0.5, 0.6) is 0 Å². The van der Waals surface area contributed by atoms with Crippen LogP contribution in [0.4, 0.5) is 5.69 Å². The van der Waals surface area contributed by atoms with Gasteiger partial charge in [-0.05, 0) is 25.1 Å². The average molecular weight is 346 g/mol. The number of anilines is 1. The number of aromatic nitrogens is 2. The lowest BCUT2D eigenvalue weighted by atomic mass is 10.2. The zero-order valence-corrected chi connectivity index (χ0v) is 14.8. The summed E-state index contributed by atoms with van der Waals surface area (Å²) >= 11 is 6.09. The lowest BCUT2D eigenvalue weighted by Gasteiger charge is -2.36. The minimum Gasteiger partial charge on any atom is -0.369 e. The molecule has 1 aromatic carbocycles. The van der Waals surface area contributed by atoms with Gasteiger partial charge in [0, 0.05) is 74.6 Å². The molecule has 5 nitrogen and oxygen atoms in total. The number of hydrogen-bond donors (Lipinski definition) is 1. The molecule has 2 heterocycles. The highest BCUT2D eigenvalue weighted by Crippen LogP contribution is 2.20. The van der Waals surface area contributed by atoms with Crippen molar-refractivity contribution in [3.05, 3.63) is 53.6 Å². The van der Waals surface area contributed by atoms with Gasteiger partial charge >= 0.3 is 0 Å². The molecule has 1 N–H and O–H groups in total. The van der Waals surface area contributed by atoms with Crippen LogP contribution in [-0.4, -0.2) is 54.1 Å². The fourth-order valence-corrected chi connectivity index (χ4v) is 3.16. The van der Waals surface area contributed by atoms with E-state index in [0.717, 1.165) is 50.0 Å². The van der Waals surface area contributed by atoms with E-state index in [-0.39, 0.29) is 6.04 Å². The van der Waals surface area contributed by atoms with E-state index < -0.39 is 0 Å². The van der Waals surface area contributed by atoms with Crippen molar-refractivity contribution >= 4 is 17.3 Å². The SMILES string of the molecule is C[C@H](NCCN1CCN(c2cccc(Cl)c2)CC1)c1cnccn1. The Hall–Kier alpha value is -1.69. The smallest absolute Gasteiger partial charge is 0.0753 e. The summed E-state index contributed by atoms with van der Waals surface area (Å²) in [6, 6.07) is 8.34.